The van der Waals surface area contributed by atoms with E-state index in [9.17, 15) is 21.6 Å². The normalized spacial score (nSPS) is 16.9. The minimum atomic E-state index is -3.66. The zero-order valence-electron chi connectivity index (χ0n) is 18.4. The van der Waals surface area contributed by atoms with Crippen LogP contribution in [0, 0.1) is 0 Å². The summed E-state index contributed by atoms with van der Waals surface area (Å²) in [5.74, 6) is -0.852. The molecule has 3 aromatic rings. The van der Waals surface area contributed by atoms with E-state index in [4.69, 9.17) is 4.42 Å². The Morgan fingerprint density at radius 1 is 1.09 bits per heavy atom. The van der Waals surface area contributed by atoms with Crippen molar-refractivity contribution in [3.8, 4) is 11.5 Å². The highest BCUT2D eigenvalue weighted by atomic mass is 32.2. The molecule has 0 N–H and O–H groups in total. The zero-order valence-corrected chi connectivity index (χ0v) is 19.2. The first-order chi connectivity index (χ1) is 16.3. The molecule has 1 fully saturated rings. The van der Waals surface area contributed by atoms with Gasteiger partial charge in [-0.2, -0.15) is 8.78 Å². The van der Waals surface area contributed by atoms with Crippen LogP contribution in [0.1, 0.15) is 30.7 Å². The number of benzene rings is 2. The highest BCUT2D eigenvalue weighted by molar-refractivity contribution is 7.92. The Bertz CT molecular complexity index is 1170. The summed E-state index contributed by atoms with van der Waals surface area (Å²) < 4.78 is 71.6. The maximum Gasteiger partial charge on any atom is 0.314 e. The van der Waals surface area contributed by atoms with Gasteiger partial charge in [-0.3, -0.25) is 4.31 Å². The molecule has 0 radical (unpaired) electrons. The lowest BCUT2D eigenvalue weighted by Crippen LogP contribution is -2.34. The van der Waals surface area contributed by atoms with E-state index in [2.05, 4.69) is 10.2 Å². The molecule has 0 saturated carbocycles. The molecule has 1 aliphatic heterocycles. The molecule has 0 bridgehead atoms. The Kier molecular flexibility index (Phi) is 7.52. The number of halogens is 3. The molecule has 0 unspecified atom stereocenters. The summed E-state index contributed by atoms with van der Waals surface area (Å²) in [6.45, 7) is 1.62. The van der Waals surface area contributed by atoms with Crippen LogP contribution in [0.4, 0.5) is 18.9 Å². The van der Waals surface area contributed by atoms with E-state index in [-0.39, 0.29) is 18.2 Å². The minimum absolute atomic E-state index is 0.0354. The summed E-state index contributed by atoms with van der Waals surface area (Å²) in [4.78, 5) is 1.95. The SMILES string of the molecule is O=S(=O)(CCCN1CC[C@@H](F)C1)N(Cc1ccc(-c2nnc(C(F)F)o2)cc1)c1ccccc1. The highest BCUT2D eigenvalue weighted by Crippen LogP contribution is 2.26. The van der Waals surface area contributed by atoms with Gasteiger partial charge in [-0.25, -0.2) is 12.8 Å². The van der Waals surface area contributed by atoms with E-state index in [1.54, 1.807) is 48.5 Å². The van der Waals surface area contributed by atoms with Crippen molar-refractivity contribution in [2.24, 2.45) is 0 Å². The number of hydrogen-bond donors (Lipinski definition) is 0. The van der Waals surface area contributed by atoms with Gasteiger partial charge in [0.05, 0.1) is 18.0 Å². The molecule has 182 valence electrons. The van der Waals surface area contributed by atoms with Gasteiger partial charge in [-0.15, -0.1) is 10.2 Å². The summed E-state index contributed by atoms with van der Waals surface area (Å²) in [5.41, 5.74) is 1.69. The third kappa shape index (κ3) is 5.95. The van der Waals surface area contributed by atoms with E-state index in [1.165, 1.54) is 4.31 Å². The molecule has 1 aromatic heterocycles. The zero-order chi connectivity index (χ0) is 24.1. The Morgan fingerprint density at radius 2 is 1.82 bits per heavy atom. The molecule has 2 heterocycles. The first-order valence-electron chi connectivity index (χ1n) is 10.9. The van der Waals surface area contributed by atoms with E-state index >= 15 is 0 Å². The molecule has 7 nitrogen and oxygen atoms in total. The fourth-order valence-electron chi connectivity index (χ4n) is 3.87. The van der Waals surface area contributed by atoms with Crippen LogP contribution < -0.4 is 4.31 Å². The number of aromatic nitrogens is 2. The lowest BCUT2D eigenvalue weighted by atomic mass is 10.1. The predicted octanol–water partition coefficient (Wildman–Crippen LogP) is 4.44. The molecule has 0 amide bonds. The maximum absolute atomic E-state index is 13.4. The van der Waals surface area contributed by atoms with Crippen LogP contribution in [0.2, 0.25) is 0 Å². The molecular weight excluding hydrogens is 469 g/mol. The summed E-state index contributed by atoms with van der Waals surface area (Å²) in [6.07, 6.45) is -2.80. The number of rotatable bonds is 10. The van der Waals surface area contributed by atoms with Crippen LogP contribution in [-0.4, -0.2) is 55.1 Å². The fourth-order valence-corrected chi connectivity index (χ4v) is 5.37. The van der Waals surface area contributed by atoms with Gasteiger partial charge in [0.1, 0.15) is 6.17 Å². The molecule has 1 aliphatic rings. The molecule has 2 aromatic carbocycles. The van der Waals surface area contributed by atoms with Crippen molar-refractivity contribution < 1.29 is 26.0 Å². The Morgan fingerprint density at radius 3 is 2.44 bits per heavy atom. The summed E-state index contributed by atoms with van der Waals surface area (Å²) in [6, 6.07) is 15.4. The quantitative estimate of drug-likeness (QED) is 0.415. The average molecular weight is 495 g/mol. The fraction of sp³-hybridized carbons (Fsp3) is 0.391. The van der Waals surface area contributed by atoms with E-state index in [0.29, 0.717) is 49.3 Å². The van der Waals surface area contributed by atoms with Gasteiger partial charge in [-0.1, -0.05) is 30.3 Å². The van der Waals surface area contributed by atoms with E-state index in [0.717, 1.165) is 0 Å². The Hall–Kier alpha value is -2.92. The van der Waals surface area contributed by atoms with Crippen molar-refractivity contribution in [1.29, 1.82) is 0 Å². The van der Waals surface area contributed by atoms with Crippen LogP contribution >= 0.6 is 0 Å². The first kappa shape index (κ1) is 24.2. The lowest BCUT2D eigenvalue weighted by Gasteiger charge is -2.25. The molecule has 1 saturated heterocycles. The minimum Gasteiger partial charge on any atom is -0.415 e. The van der Waals surface area contributed by atoms with Crippen LogP contribution in [0.15, 0.2) is 59.0 Å². The lowest BCUT2D eigenvalue weighted by molar-refractivity contribution is 0.116. The van der Waals surface area contributed by atoms with Crippen molar-refractivity contribution in [1.82, 2.24) is 15.1 Å². The van der Waals surface area contributed by atoms with Crippen molar-refractivity contribution in [2.75, 3.05) is 29.7 Å². The first-order valence-corrected chi connectivity index (χ1v) is 12.6. The molecular formula is C23H25F3N4O3S. The highest BCUT2D eigenvalue weighted by Gasteiger charge is 2.25. The van der Waals surface area contributed by atoms with E-state index in [1.807, 2.05) is 11.0 Å². The molecule has 34 heavy (non-hydrogen) atoms. The molecule has 4 rings (SSSR count). The molecule has 11 heteroatoms. The Balaban J connectivity index is 1.47. The van der Waals surface area contributed by atoms with Gasteiger partial charge < -0.3 is 9.32 Å². The largest absolute Gasteiger partial charge is 0.415 e. The van der Waals surface area contributed by atoms with Crippen LogP contribution in [0.25, 0.3) is 11.5 Å². The molecule has 0 spiro atoms. The number of hydrogen-bond acceptors (Lipinski definition) is 6. The van der Waals surface area contributed by atoms with Gasteiger partial charge in [0, 0.05) is 18.7 Å². The number of likely N-dealkylation sites (tertiary alicyclic amines) is 1. The second-order valence-corrected chi connectivity index (χ2v) is 10.2. The topological polar surface area (TPSA) is 79.5 Å². The van der Waals surface area contributed by atoms with Gasteiger partial charge in [0.15, 0.2) is 0 Å². The van der Waals surface area contributed by atoms with Crippen molar-refractivity contribution >= 4 is 15.7 Å². The molecule has 1 atom stereocenters. The van der Waals surface area contributed by atoms with Crippen molar-refractivity contribution in [3.05, 3.63) is 66.1 Å². The van der Waals surface area contributed by atoms with Crippen LogP contribution in [0.3, 0.4) is 0 Å². The second-order valence-electron chi connectivity index (χ2n) is 8.14. The number of sulfonamides is 1. The third-order valence-electron chi connectivity index (χ3n) is 5.63. The number of anilines is 1. The maximum atomic E-state index is 13.4. The monoisotopic (exact) mass is 494 g/mol. The van der Waals surface area contributed by atoms with Gasteiger partial charge in [-0.05, 0) is 49.2 Å². The molecule has 0 aliphatic carbocycles. The standard InChI is InChI=1S/C23H25F3N4O3S/c24-19-11-13-29(16-19)12-4-14-34(31,32)30(20-5-2-1-3-6-20)15-17-7-9-18(10-8-17)22-27-28-23(33-22)21(25)26/h1-3,5-10,19,21H,4,11-16H2/t19-/m1/s1. The van der Waals surface area contributed by atoms with Crippen LogP contribution in [0.5, 0.6) is 0 Å². The van der Waals surface area contributed by atoms with Gasteiger partial charge in [0.25, 0.3) is 5.89 Å². The summed E-state index contributed by atoms with van der Waals surface area (Å²) >= 11 is 0. The van der Waals surface area contributed by atoms with Crippen LogP contribution in [-0.2, 0) is 16.6 Å². The average Bonchev–Trinajstić information content (AvgIpc) is 3.48. The number of alkyl halides is 3. The van der Waals surface area contributed by atoms with E-state index < -0.39 is 28.5 Å². The summed E-state index contributed by atoms with van der Waals surface area (Å²) in [5, 5.41) is 6.94. The third-order valence-corrected chi connectivity index (χ3v) is 7.44. The van der Waals surface area contributed by atoms with Gasteiger partial charge in [0.2, 0.25) is 15.9 Å². The number of para-hydroxylation sites is 1. The van der Waals surface area contributed by atoms with Crippen molar-refractivity contribution in [3.63, 3.8) is 0 Å². The van der Waals surface area contributed by atoms with Gasteiger partial charge >= 0.3 is 6.43 Å². The summed E-state index contributed by atoms with van der Waals surface area (Å²) in [7, 11) is -3.66. The Labute approximate surface area is 196 Å². The smallest absolute Gasteiger partial charge is 0.314 e. The second kappa shape index (κ2) is 10.6. The number of nitrogens with zero attached hydrogens (tertiary/aromatic N) is 4. The predicted molar refractivity (Wildman–Crippen MR) is 122 cm³/mol. The van der Waals surface area contributed by atoms with Crippen molar-refractivity contribution in [2.45, 2.75) is 32.0 Å².